The van der Waals surface area contributed by atoms with Crippen LogP contribution in [-0.4, -0.2) is 22.4 Å². The van der Waals surface area contributed by atoms with Crippen molar-refractivity contribution in [1.29, 1.82) is 0 Å². The van der Waals surface area contributed by atoms with Gasteiger partial charge in [-0.1, -0.05) is 0 Å². The third-order valence-corrected chi connectivity index (χ3v) is 4.53. The van der Waals surface area contributed by atoms with Gasteiger partial charge in [0.25, 0.3) is 0 Å². The average molecular weight is 358 g/mol. The lowest BCUT2D eigenvalue weighted by Crippen LogP contribution is -2.24. The van der Waals surface area contributed by atoms with Crippen LogP contribution >= 0.6 is 0 Å². The van der Waals surface area contributed by atoms with Gasteiger partial charge in [0.2, 0.25) is 5.43 Å². The van der Waals surface area contributed by atoms with E-state index >= 15 is 0 Å². The number of hydrogen-bond donors (Lipinski definition) is 0. The molecule has 0 bridgehead atoms. The second kappa shape index (κ2) is 6.20. The van der Waals surface area contributed by atoms with Gasteiger partial charge in [0.1, 0.15) is 23.0 Å². The summed E-state index contributed by atoms with van der Waals surface area (Å²) in [6, 6.07) is 9.46. The molecule has 1 atom stereocenters. The Morgan fingerprint density at radius 3 is 2.44 bits per heavy atom. The number of ether oxygens (including phenoxy) is 1. The van der Waals surface area contributed by atoms with Gasteiger partial charge in [0, 0.05) is 6.07 Å². The van der Waals surface area contributed by atoms with Crippen LogP contribution in [0.1, 0.15) is 31.1 Å². The minimum Gasteiger partial charge on any atom is -0.612 e. The van der Waals surface area contributed by atoms with Crippen molar-refractivity contribution in [2.75, 3.05) is 6.26 Å². The van der Waals surface area contributed by atoms with E-state index < -0.39 is 22.7 Å². The molecule has 1 unspecified atom stereocenters. The highest BCUT2D eigenvalue weighted by atomic mass is 32.2. The smallest absolute Gasteiger partial charge is 0.338 e. The number of esters is 1. The summed E-state index contributed by atoms with van der Waals surface area (Å²) in [5.74, 6) is -0.495. The normalized spacial score (nSPS) is 13.2. The van der Waals surface area contributed by atoms with E-state index in [1.54, 1.807) is 57.4 Å². The first-order chi connectivity index (χ1) is 11.7. The molecule has 2 aromatic carbocycles. The molecule has 0 fully saturated rings. The van der Waals surface area contributed by atoms with Crippen molar-refractivity contribution in [1.82, 2.24) is 0 Å². The van der Waals surface area contributed by atoms with Gasteiger partial charge in [-0.15, -0.1) is 0 Å². The number of carbonyl (C=O) groups excluding carboxylic acids is 1. The monoisotopic (exact) mass is 358 g/mol. The van der Waals surface area contributed by atoms with Gasteiger partial charge in [-0.05, 0) is 62.3 Å². The predicted octanol–water partition coefficient (Wildman–Crippen LogP) is 3.64. The zero-order valence-corrected chi connectivity index (χ0v) is 15.2. The van der Waals surface area contributed by atoms with E-state index in [9.17, 15) is 14.1 Å². The van der Waals surface area contributed by atoms with Crippen LogP contribution in [0.4, 0.5) is 0 Å². The average Bonchev–Trinajstić information content (AvgIpc) is 2.52. The van der Waals surface area contributed by atoms with E-state index in [2.05, 4.69) is 0 Å². The number of carbonyl (C=O) groups is 1. The summed E-state index contributed by atoms with van der Waals surface area (Å²) >= 11 is -1.17. The van der Waals surface area contributed by atoms with Crippen LogP contribution in [0.5, 0.6) is 0 Å². The molecule has 0 saturated carbocycles. The van der Waals surface area contributed by atoms with E-state index in [0.29, 0.717) is 32.4 Å². The van der Waals surface area contributed by atoms with Crippen molar-refractivity contribution in [3.8, 4) is 0 Å². The van der Waals surface area contributed by atoms with Crippen LogP contribution in [0, 0.1) is 0 Å². The van der Waals surface area contributed by atoms with E-state index in [1.807, 2.05) is 0 Å². The summed E-state index contributed by atoms with van der Waals surface area (Å²) < 4.78 is 22.7. The molecule has 0 N–H and O–H groups in total. The SMILES string of the molecule is C[S+]([O-])c1ccc2c(=O)c3cc(C(=O)OC(C)(C)C)ccc3oc2c1. The fraction of sp³-hybridized carbons (Fsp3) is 0.263. The number of rotatable bonds is 2. The Hall–Kier alpha value is -2.31. The lowest BCUT2D eigenvalue weighted by Gasteiger charge is -2.19. The summed E-state index contributed by atoms with van der Waals surface area (Å²) in [5, 5.41) is 0.685. The summed E-state index contributed by atoms with van der Waals surface area (Å²) in [5.41, 5.74) is 0.168. The Morgan fingerprint density at radius 2 is 1.80 bits per heavy atom. The maximum atomic E-state index is 12.7. The fourth-order valence-corrected chi connectivity index (χ4v) is 3.01. The quantitative estimate of drug-likeness (QED) is 0.397. The Balaban J connectivity index is 2.16. The molecule has 0 radical (unpaired) electrons. The zero-order valence-electron chi connectivity index (χ0n) is 14.4. The van der Waals surface area contributed by atoms with Crippen molar-refractivity contribution < 1.29 is 18.5 Å². The highest BCUT2D eigenvalue weighted by Crippen LogP contribution is 2.23. The molecule has 6 heteroatoms. The first-order valence-electron chi connectivity index (χ1n) is 7.73. The summed E-state index contributed by atoms with van der Waals surface area (Å²) in [6.07, 6.45) is 1.56. The van der Waals surface area contributed by atoms with Gasteiger partial charge in [0.15, 0.2) is 4.90 Å². The van der Waals surface area contributed by atoms with E-state index in [0.717, 1.165) is 0 Å². The molecule has 0 aliphatic rings. The van der Waals surface area contributed by atoms with E-state index in [1.165, 1.54) is 6.07 Å². The molecule has 0 aliphatic heterocycles. The molecule has 3 aromatic rings. The molecule has 130 valence electrons. The van der Waals surface area contributed by atoms with Crippen molar-refractivity contribution >= 4 is 39.1 Å². The zero-order chi connectivity index (χ0) is 18.4. The molecular formula is C19H18O5S. The number of benzene rings is 2. The molecule has 0 amide bonds. The van der Waals surface area contributed by atoms with Crippen molar-refractivity contribution in [2.45, 2.75) is 31.3 Å². The molecule has 0 aliphatic carbocycles. The molecular weight excluding hydrogens is 340 g/mol. The van der Waals surface area contributed by atoms with Gasteiger partial charge in [-0.3, -0.25) is 4.79 Å². The third-order valence-electron chi connectivity index (χ3n) is 3.61. The second-order valence-electron chi connectivity index (χ2n) is 6.76. The second-order valence-corrected chi connectivity index (χ2v) is 8.14. The van der Waals surface area contributed by atoms with Gasteiger partial charge in [-0.2, -0.15) is 0 Å². The Bertz CT molecular complexity index is 1030. The molecule has 0 saturated heterocycles. The minimum absolute atomic E-state index is 0.241. The van der Waals surface area contributed by atoms with Crippen molar-refractivity contribution in [2.24, 2.45) is 0 Å². The fourth-order valence-electron chi connectivity index (χ4n) is 2.48. The number of hydrogen-bond acceptors (Lipinski definition) is 5. The topological polar surface area (TPSA) is 79.6 Å². The predicted molar refractivity (Wildman–Crippen MR) is 97.5 cm³/mol. The summed E-state index contributed by atoms with van der Waals surface area (Å²) in [4.78, 5) is 25.5. The maximum Gasteiger partial charge on any atom is 0.338 e. The first kappa shape index (κ1) is 17.5. The van der Waals surface area contributed by atoms with Crippen LogP contribution in [0.2, 0.25) is 0 Å². The van der Waals surface area contributed by atoms with Crippen molar-refractivity contribution in [3.63, 3.8) is 0 Å². The molecule has 5 nitrogen and oxygen atoms in total. The third kappa shape index (κ3) is 3.55. The molecule has 25 heavy (non-hydrogen) atoms. The summed E-state index contributed by atoms with van der Waals surface area (Å²) in [6.45, 7) is 5.34. The van der Waals surface area contributed by atoms with Crippen LogP contribution in [-0.2, 0) is 15.9 Å². The lowest BCUT2D eigenvalue weighted by molar-refractivity contribution is 0.00697. The Kier molecular flexibility index (Phi) is 4.34. The molecule has 1 heterocycles. The number of fused-ring (bicyclic) bond motifs is 2. The largest absolute Gasteiger partial charge is 0.612 e. The van der Waals surface area contributed by atoms with Gasteiger partial charge in [0.05, 0.1) is 16.3 Å². The lowest BCUT2D eigenvalue weighted by atomic mass is 10.1. The highest BCUT2D eigenvalue weighted by Gasteiger charge is 2.19. The van der Waals surface area contributed by atoms with Crippen LogP contribution < -0.4 is 5.43 Å². The standard InChI is InChI=1S/C19H18O5S/c1-19(2,3)24-18(21)11-5-8-15-14(9-11)17(20)13-7-6-12(25(4)22)10-16(13)23-15/h5-10H,1-4H3. The van der Waals surface area contributed by atoms with Crippen LogP contribution in [0.3, 0.4) is 0 Å². The van der Waals surface area contributed by atoms with Crippen molar-refractivity contribution in [3.05, 3.63) is 52.2 Å². The van der Waals surface area contributed by atoms with Crippen LogP contribution in [0.25, 0.3) is 21.9 Å². The highest BCUT2D eigenvalue weighted by molar-refractivity contribution is 7.90. The summed E-state index contributed by atoms with van der Waals surface area (Å²) in [7, 11) is 0. The first-order valence-corrected chi connectivity index (χ1v) is 9.29. The molecule has 1 aromatic heterocycles. The van der Waals surface area contributed by atoms with Gasteiger partial charge < -0.3 is 13.7 Å². The molecule has 3 rings (SSSR count). The van der Waals surface area contributed by atoms with Crippen LogP contribution in [0.15, 0.2) is 50.5 Å². The maximum absolute atomic E-state index is 12.7. The van der Waals surface area contributed by atoms with E-state index in [4.69, 9.17) is 9.15 Å². The van der Waals surface area contributed by atoms with Gasteiger partial charge >= 0.3 is 5.97 Å². The Morgan fingerprint density at radius 1 is 1.08 bits per heavy atom. The minimum atomic E-state index is -1.17. The Labute approximate surface area is 147 Å². The van der Waals surface area contributed by atoms with E-state index in [-0.39, 0.29) is 5.43 Å². The van der Waals surface area contributed by atoms with Gasteiger partial charge in [-0.25, -0.2) is 4.79 Å². The molecule has 0 spiro atoms.